The largest absolute Gasteiger partial charge is 0.381 e. The maximum Gasteiger partial charge on any atom is 0.230 e. The predicted molar refractivity (Wildman–Crippen MR) is 98.1 cm³/mol. The lowest BCUT2D eigenvalue weighted by molar-refractivity contribution is -0.134. The summed E-state index contributed by atoms with van der Waals surface area (Å²) < 4.78 is 5.46. The van der Waals surface area contributed by atoms with Gasteiger partial charge in [0.05, 0.1) is 5.92 Å². The fraction of sp³-hybridized carbons (Fsp3) is 0.450. The molecule has 1 aromatic heterocycles. The van der Waals surface area contributed by atoms with Crippen molar-refractivity contribution in [1.29, 1.82) is 0 Å². The maximum absolute atomic E-state index is 13.1. The molecule has 1 aliphatic heterocycles. The first-order valence-corrected chi connectivity index (χ1v) is 9.56. The molecule has 1 fully saturated rings. The summed E-state index contributed by atoms with van der Waals surface area (Å²) in [6, 6.07) is 14.4. The average molecular weight is 343 g/mol. The Kier molecular flexibility index (Phi) is 6.05. The van der Waals surface area contributed by atoms with Crippen LogP contribution in [0.25, 0.3) is 0 Å². The quantitative estimate of drug-likeness (QED) is 0.782. The standard InChI is InChI=1S/C20H25NO2S/c1-16(19-8-5-13-24-19)20(22)21(14-17-6-3-2-4-7-17)15-18-9-11-23-12-10-18/h2-8,13,16,18H,9-12,14-15H2,1H3/t16-/m0/s1. The molecule has 1 atom stereocenters. The van der Waals surface area contributed by atoms with Crippen LogP contribution in [0.5, 0.6) is 0 Å². The predicted octanol–water partition coefficient (Wildman–Crippen LogP) is 4.31. The smallest absolute Gasteiger partial charge is 0.230 e. The molecular formula is C20H25NO2S. The van der Waals surface area contributed by atoms with E-state index in [1.54, 1.807) is 11.3 Å². The van der Waals surface area contributed by atoms with Gasteiger partial charge in [-0.05, 0) is 42.7 Å². The van der Waals surface area contributed by atoms with E-state index < -0.39 is 0 Å². The van der Waals surface area contributed by atoms with Crippen LogP contribution >= 0.6 is 11.3 Å². The first-order valence-electron chi connectivity index (χ1n) is 8.68. The van der Waals surface area contributed by atoms with Gasteiger partial charge in [0.15, 0.2) is 0 Å². The Morgan fingerprint density at radius 1 is 1.21 bits per heavy atom. The summed E-state index contributed by atoms with van der Waals surface area (Å²) in [5.74, 6) is 0.697. The van der Waals surface area contributed by atoms with Crippen molar-refractivity contribution in [3.05, 3.63) is 58.3 Å². The lowest BCUT2D eigenvalue weighted by Gasteiger charge is -2.31. The number of carbonyl (C=O) groups excluding carboxylic acids is 1. The molecule has 0 saturated carbocycles. The van der Waals surface area contributed by atoms with Gasteiger partial charge in [-0.25, -0.2) is 0 Å². The Hall–Kier alpha value is -1.65. The van der Waals surface area contributed by atoms with Gasteiger partial charge in [-0.1, -0.05) is 36.4 Å². The van der Waals surface area contributed by atoms with Crippen molar-refractivity contribution in [3.63, 3.8) is 0 Å². The molecule has 128 valence electrons. The van der Waals surface area contributed by atoms with E-state index in [-0.39, 0.29) is 11.8 Å². The Morgan fingerprint density at radius 2 is 1.96 bits per heavy atom. The van der Waals surface area contributed by atoms with Gasteiger partial charge in [-0.2, -0.15) is 0 Å². The highest BCUT2D eigenvalue weighted by atomic mass is 32.1. The van der Waals surface area contributed by atoms with E-state index in [2.05, 4.69) is 23.1 Å². The van der Waals surface area contributed by atoms with Crippen molar-refractivity contribution < 1.29 is 9.53 Å². The molecule has 1 amide bonds. The summed E-state index contributed by atoms with van der Waals surface area (Å²) >= 11 is 1.66. The molecule has 2 heterocycles. The molecule has 24 heavy (non-hydrogen) atoms. The highest BCUT2D eigenvalue weighted by molar-refractivity contribution is 7.10. The van der Waals surface area contributed by atoms with Gasteiger partial charge in [0.2, 0.25) is 5.91 Å². The molecule has 0 aliphatic carbocycles. The molecule has 1 saturated heterocycles. The molecule has 0 spiro atoms. The van der Waals surface area contributed by atoms with E-state index >= 15 is 0 Å². The lowest BCUT2D eigenvalue weighted by atomic mass is 9.98. The maximum atomic E-state index is 13.1. The first kappa shape index (κ1) is 17.2. The number of amides is 1. The van der Waals surface area contributed by atoms with Crippen molar-refractivity contribution in [2.75, 3.05) is 19.8 Å². The Morgan fingerprint density at radius 3 is 2.62 bits per heavy atom. The first-order chi connectivity index (χ1) is 11.7. The van der Waals surface area contributed by atoms with Crippen LogP contribution in [0.4, 0.5) is 0 Å². The second-order valence-electron chi connectivity index (χ2n) is 6.50. The number of hydrogen-bond donors (Lipinski definition) is 0. The third-order valence-corrected chi connectivity index (χ3v) is 5.74. The fourth-order valence-corrected chi connectivity index (χ4v) is 3.99. The van der Waals surface area contributed by atoms with Crippen LogP contribution in [0.3, 0.4) is 0 Å². The zero-order chi connectivity index (χ0) is 16.8. The number of rotatable bonds is 6. The Labute approximate surface area is 148 Å². The van der Waals surface area contributed by atoms with E-state index in [0.717, 1.165) is 37.5 Å². The van der Waals surface area contributed by atoms with Crippen molar-refractivity contribution in [3.8, 4) is 0 Å². The molecule has 0 radical (unpaired) electrons. The number of carbonyl (C=O) groups is 1. The van der Waals surface area contributed by atoms with Crippen LogP contribution in [-0.4, -0.2) is 30.6 Å². The van der Waals surface area contributed by atoms with Gasteiger partial charge in [0, 0.05) is 31.2 Å². The molecule has 1 aromatic carbocycles. The molecule has 2 aromatic rings. The van der Waals surface area contributed by atoms with Crippen molar-refractivity contribution in [2.24, 2.45) is 5.92 Å². The SMILES string of the molecule is C[C@H](C(=O)N(Cc1ccccc1)CC1CCOCC1)c1cccs1. The van der Waals surface area contributed by atoms with Crippen LogP contribution in [0, 0.1) is 5.92 Å². The summed E-state index contributed by atoms with van der Waals surface area (Å²) in [5.41, 5.74) is 1.19. The van der Waals surface area contributed by atoms with E-state index in [4.69, 9.17) is 4.74 Å². The van der Waals surface area contributed by atoms with Crippen molar-refractivity contribution in [2.45, 2.75) is 32.2 Å². The number of thiophene rings is 1. The van der Waals surface area contributed by atoms with E-state index in [1.165, 1.54) is 5.56 Å². The molecular weight excluding hydrogens is 318 g/mol. The van der Waals surface area contributed by atoms with E-state index in [0.29, 0.717) is 12.5 Å². The number of benzene rings is 1. The van der Waals surface area contributed by atoms with Crippen LogP contribution in [0.2, 0.25) is 0 Å². The van der Waals surface area contributed by atoms with Crippen LogP contribution < -0.4 is 0 Å². The third-order valence-electron chi connectivity index (χ3n) is 4.69. The summed E-state index contributed by atoms with van der Waals surface area (Å²) in [5, 5.41) is 2.04. The zero-order valence-electron chi connectivity index (χ0n) is 14.2. The fourth-order valence-electron chi connectivity index (χ4n) is 3.21. The summed E-state index contributed by atoms with van der Waals surface area (Å²) in [4.78, 5) is 16.3. The second-order valence-corrected chi connectivity index (χ2v) is 7.48. The van der Waals surface area contributed by atoms with Gasteiger partial charge >= 0.3 is 0 Å². The second kappa shape index (κ2) is 8.45. The minimum atomic E-state index is -0.0754. The molecule has 3 rings (SSSR count). The molecule has 0 unspecified atom stereocenters. The van der Waals surface area contributed by atoms with E-state index in [9.17, 15) is 4.79 Å². The highest BCUT2D eigenvalue weighted by Crippen LogP contribution is 2.25. The lowest BCUT2D eigenvalue weighted by Crippen LogP contribution is -2.38. The Balaban J connectivity index is 1.73. The summed E-state index contributed by atoms with van der Waals surface area (Å²) in [6.07, 6.45) is 2.10. The van der Waals surface area contributed by atoms with Crippen LogP contribution in [-0.2, 0) is 16.1 Å². The van der Waals surface area contributed by atoms with Gasteiger partial charge in [-0.15, -0.1) is 11.3 Å². The van der Waals surface area contributed by atoms with Crippen LogP contribution in [0.15, 0.2) is 47.8 Å². The third kappa shape index (κ3) is 4.46. The van der Waals surface area contributed by atoms with Crippen LogP contribution in [0.1, 0.15) is 36.1 Å². The van der Waals surface area contributed by atoms with Gasteiger partial charge in [0.25, 0.3) is 0 Å². The highest BCUT2D eigenvalue weighted by Gasteiger charge is 2.26. The Bertz CT molecular complexity index is 620. The number of hydrogen-bond acceptors (Lipinski definition) is 3. The number of nitrogens with zero attached hydrogens (tertiary/aromatic N) is 1. The molecule has 1 aliphatic rings. The topological polar surface area (TPSA) is 29.5 Å². The molecule has 4 heteroatoms. The van der Waals surface area contributed by atoms with Gasteiger partial charge in [-0.3, -0.25) is 4.79 Å². The van der Waals surface area contributed by atoms with Crippen molar-refractivity contribution in [1.82, 2.24) is 4.90 Å². The minimum Gasteiger partial charge on any atom is -0.381 e. The normalized spacial score (nSPS) is 16.7. The summed E-state index contributed by atoms with van der Waals surface area (Å²) in [7, 11) is 0. The van der Waals surface area contributed by atoms with Crippen molar-refractivity contribution >= 4 is 17.2 Å². The minimum absolute atomic E-state index is 0.0754. The molecule has 3 nitrogen and oxygen atoms in total. The molecule has 0 bridgehead atoms. The summed E-state index contributed by atoms with van der Waals surface area (Å²) in [6.45, 7) is 5.17. The number of ether oxygens (including phenoxy) is 1. The zero-order valence-corrected chi connectivity index (χ0v) is 15.0. The van der Waals surface area contributed by atoms with Gasteiger partial charge < -0.3 is 9.64 Å². The molecule has 0 N–H and O–H groups in total. The average Bonchev–Trinajstić information content (AvgIpc) is 3.16. The van der Waals surface area contributed by atoms with Gasteiger partial charge in [0.1, 0.15) is 0 Å². The van der Waals surface area contributed by atoms with E-state index in [1.807, 2.05) is 36.6 Å². The monoisotopic (exact) mass is 343 g/mol.